The fourth-order valence-electron chi connectivity index (χ4n) is 5.86. The molecule has 0 radical (unpaired) electrons. The van der Waals surface area contributed by atoms with Crippen LogP contribution >= 0.6 is 11.6 Å². The highest BCUT2D eigenvalue weighted by atomic mass is 35.5. The number of nitrogens with zero attached hydrogens (tertiary/aromatic N) is 5. The van der Waals surface area contributed by atoms with Gasteiger partial charge in [-0.3, -0.25) is 4.90 Å². The minimum Gasteiger partial charge on any atom is -0.370 e. The Bertz CT molecular complexity index is 1050. The van der Waals surface area contributed by atoms with Crippen molar-refractivity contribution in [2.75, 3.05) is 42.9 Å². The Morgan fingerprint density at radius 1 is 1.09 bits per heavy atom. The molecule has 2 aromatic rings. The number of carbonyl (C=O) groups is 1. The van der Waals surface area contributed by atoms with Gasteiger partial charge in [-0.15, -0.1) is 5.10 Å². The van der Waals surface area contributed by atoms with Crippen molar-refractivity contribution in [2.45, 2.75) is 57.5 Å². The third kappa shape index (κ3) is 4.68. The van der Waals surface area contributed by atoms with Crippen molar-refractivity contribution in [1.29, 1.82) is 0 Å². The van der Waals surface area contributed by atoms with E-state index >= 15 is 0 Å². The van der Waals surface area contributed by atoms with Crippen molar-refractivity contribution >= 4 is 29.1 Å². The van der Waals surface area contributed by atoms with E-state index < -0.39 is 0 Å². The molecule has 3 fully saturated rings. The highest BCUT2D eigenvalue weighted by molar-refractivity contribution is 6.33. The molecule has 1 N–H and O–H groups in total. The first-order valence-corrected chi connectivity index (χ1v) is 12.9. The van der Waals surface area contributed by atoms with E-state index in [1.165, 1.54) is 41.6 Å². The molecule has 0 saturated carbocycles. The lowest BCUT2D eigenvalue weighted by atomic mass is 9.85. The summed E-state index contributed by atoms with van der Waals surface area (Å²) < 4.78 is 1.43. The van der Waals surface area contributed by atoms with Gasteiger partial charge in [-0.1, -0.05) is 24.2 Å². The molecule has 1 aromatic heterocycles. The maximum Gasteiger partial charge on any atom is 0.344 e. The van der Waals surface area contributed by atoms with Gasteiger partial charge in [-0.2, -0.15) is 4.68 Å². The molecule has 1 amide bonds. The molecule has 4 heterocycles. The number of nitrogens with one attached hydrogen (secondary N) is 1. The van der Waals surface area contributed by atoms with Crippen LogP contribution in [0.4, 0.5) is 16.3 Å². The van der Waals surface area contributed by atoms with Gasteiger partial charge in [-0.25, -0.2) is 4.79 Å². The van der Waals surface area contributed by atoms with Gasteiger partial charge >= 0.3 is 6.03 Å². The lowest BCUT2D eigenvalue weighted by Crippen LogP contribution is -2.53. The predicted octanol–water partition coefficient (Wildman–Crippen LogP) is 5.18. The van der Waals surface area contributed by atoms with E-state index in [1.807, 2.05) is 11.8 Å². The minimum absolute atomic E-state index is 0.0536. The average Bonchev–Trinajstić information content (AvgIpc) is 3.58. The second-order valence-electron chi connectivity index (χ2n) is 10.0. The Hall–Kier alpha value is -2.51. The number of hydrogen-bond acceptors (Lipinski definition) is 5. The lowest BCUT2D eigenvalue weighted by Gasteiger charge is -2.45. The quantitative estimate of drug-likeness (QED) is 0.636. The zero-order valence-corrected chi connectivity index (χ0v) is 20.9. The van der Waals surface area contributed by atoms with Crippen molar-refractivity contribution in [3.8, 4) is 0 Å². The second-order valence-corrected chi connectivity index (χ2v) is 10.5. The summed E-state index contributed by atoms with van der Waals surface area (Å²) in [4.78, 5) is 20.0. The SMILES string of the molecule is C=C(C)Nc1ccn(C(=O)N2CCC3(CCCN3Cc3ccc(Cl)c(N4CCCC4)c3)CC2)n1. The minimum atomic E-state index is -0.0536. The molecule has 8 heteroatoms. The van der Waals surface area contributed by atoms with Crippen LogP contribution in [-0.2, 0) is 6.54 Å². The fraction of sp³-hybridized carbons (Fsp3) is 0.538. The van der Waals surface area contributed by atoms with E-state index in [0.717, 1.165) is 62.8 Å². The zero-order valence-electron chi connectivity index (χ0n) is 20.1. The van der Waals surface area contributed by atoms with E-state index in [2.05, 4.69) is 45.0 Å². The number of hydrogen-bond donors (Lipinski definition) is 1. The molecule has 0 unspecified atom stereocenters. The first-order valence-electron chi connectivity index (χ1n) is 12.5. The Kier molecular flexibility index (Phi) is 6.58. The van der Waals surface area contributed by atoms with Crippen molar-refractivity contribution in [2.24, 2.45) is 0 Å². The molecule has 1 spiro atoms. The second kappa shape index (κ2) is 9.62. The molecule has 0 atom stereocenters. The smallest absolute Gasteiger partial charge is 0.344 e. The monoisotopic (exact) mass is 482 g/mol. The van der Waals surface area contributed by atoms with Crippen LogP contribution in [0.25, 0.3) is 0 Å². The van der Waals surface area contributed by atoms with Gasteiger partial charge in [0.1, 0.15) is 0 Å². The summed E-state index contributed by atoms with van der Waals surface area (Å²) in [5.41, 5.74) is 3.50. The van der Waals surface area contributed by atoms with Crippen molar-refractivity contribution in [3.63, 3.8) is 0 Å². The molecular formula is C26H35ClN6O. The molecule has 3 aliphatic rings. The summed E-state index contributed by atoms with van der Waals surface area (Å²) in [5, 5.41) is 8.28. The first-order chi connectivity index (χ1) is 16.4. The van der Waals surface area contributed by atoms with Gasteiger partial charge in [0.15, 0.2) is 5.82 Å². The number of halogens is 1. The van der Waals surface area contributed by atoms with E-state index in [1.54, 1.807) is 12.3 Å². The molecule has 3 saturated heterocycles. The highest BCUT2D eigenvalue weighted by Crippen LogP contribution is 2.40. The van der Waals surface area contributed by atoms with Crippen LogP contribution in [0.5, 0.6) is 0 Å². The van der Waals surface area contributed by atoms with Gasteiger partial charge in [0.25, 0.3) is 0 Å². The van der Waals surface area contributed by atoms with Crippen molar-refractivity contribution < 1.29 is 4.79 Å². The Morgan fingerprint density at radius 3 is 2.59 bits per heavy atom. The normalized spacial score (nSPS) is 20.3. The topological polar surface area (TPSA) is 56.6 Å². The Balaban J connectivity index is 1.23. The molecule has 182 valence electrons. The number of likely N-dealkylation sites (tertiary alicyclic amines) is 2. The molecule has 0 bridgehead atoms. The van der Waals surface area contributed by atoms with Crippen LogP contribution in [-0.4, -0.2) is 63.9 Å². The van der Waals surface area contributed by atoms with Crippen LogP contribution in [0.3, 0.4) is 0 Å². The van der Waals surface area contributed by atoms with Gasteiger partial charge in [0, 0.05) is 56.2 Å². The lowest BCUT2D eigenvalue weighted by molar-refractivity contribution is 0.0585. The molecule has 1 aromatic carbocycles. The number of piperidine rings is 1. The Morgan fingerprint density at radius 2 is 1.85 bits per heavy atom. The summed E-state index contributed by atoms with van der Waals surface area (Å²) >= 11 is 6.55. The largest absolute Gasteiger partial charge is 0.370 e. The van der Waals surface area contributed by atoms with E-state index in [9.17, 15) is 4.79 Å². The number of benzene rings is 1. The van der Waals surface area contributed by atoms with Crippen molar-refractivity contribution in [3.05, 3.63) is 53.3 Å². The fourth-order valence-corrected chi connectivity index (χ4v) is 6.10. The summed E-state index contributed by atoms with van der Waals surface area (Å²) in [7, 11) is 0. The maximum atomic E-state index is 13.0. The summed E-state index contributed by atoms with van der Waals surface area (Å²) in [6, 6.07) is 8.30. The van der Waals surface area contributed by atoms with Crippen LogP contribution in [0, 0.1) is 0 Å². The van der Waals surface area contributed by atoms with Crippen LogP contribution < -0.4 is 10.2 Å². The predicted molar refractivity (Wildman–Crippen MR) is 138 cm³/mol. The number of aromatic nitrogens is 2. The number of anilines is 2. The molecule has 34 heavy (non-hydrogen) atoms. The number of rotatable bonds is 5. The third-order valence-electron chi connectivity index (χ3n) is 7.66. The number of carbonyl (C=O) groups excluding carboxylic acids is 1. The standard InChI is InChI=1S/C26H35ClN6O/c1-20(2)28-24-8-15-33(29-24)25(34)31-16-10-26(11-17-31)9-5-14-32(26)19-21-6-7-22(27)23(18-21)30-12-3-4-13-30/h6-8,15,18H,1,3-5,9-14,16-17,19H2,2H3,(H,28,29). The summed E-state index contributed by atoms with van der Waals surface area (Å²) in [5.74, 6) is 0.646. The first kappa shape index (κ1) is 23.2. The summed E-state index contributed by atoms with van der Waals surface area (Å²) in [6.07, 6.45) is 8.64. The van der Waals surface area contributed by atoms with E-state index in [-0.39, 0.29) is 11.6 Å². The van der Waals surface area contributed by atoms with Gasteiger partial charge in [0.05, 0.1) is 10.7 Å². The van der Waals surface area contributed by atoms with Gasteiger partial charge in [-0.05, 0) is 69.7 Å². The molecular weight excluding hydrogens is 448 g/mol. The zero-order chi connectivity index (χ0) is 23.7. The highest BCUT2D eigenvalue weighted by Gasteiger charge is 2.43. The van der Waals surface area contributed by atoms with E-state index in [0.29, 0.717) is 5.82 Å². The number of amides is 1. The summed E-state index contributed by atoms with van der Waals surface area (Å²) in [6.45, 7) is 11.5. The molecule has 5 rings (SSSR count). The molecule has 7 nitrogen and oxygen atoms in total. The van der Waals surface area contributed by atoms with Crippen LogP contribution in [0.15, 0.2) is 42.7 Å². The third-order valence-corrected chi connectivity index (χ3v) is 7.98. The van der Waals surface area contributed by atoms with Crippen LogP contribution in [0.1, 0.15) is 51.0 Å². The Labute approximate surface area is 207 Å². The number of allylic oxidation sites excluding steroid dienone is 1. The average molecular weight is 483 g/mol. The molecule has 3 aliphatic heterocycles. The van der Waals surface area contributed by atoms with E-state index in [4.69, 9.17) is 11.6 Å². The van der Waals surface area contributed by atoms with Gasteiger partial charge in [0.2, 0.25) is 0 Å². The molecule has 0 aliphatic carbocycles. The van der Waals surface area contributed by atoms with Gasteiger partial charge < -0.3 is 15.1 Å². The van der Waals surface area contributed by atoms with Crippen LogP contribution in [0.2, 0.25) is 5.02 Å². The van der Waals surface area contributed by atoms with Crippen molar-refractivity contribution in [1.82, 2.24) is 19.6 Å². The maximum absolute atomic E-state index is 13.0.